The maximum Gasteiger partial charge on any atom is 0.251 e. The van der Waals surface area contributed by atoms with E-state index in [1.807, 2.05) is 85.8 Å². The average Bonchev–Trinajstić information content (AvgIpc) is 3.74. The Balaban J connectivity index is 0.000000210. The lowest BCUT2D eigenvalue weighted by atomic mass is 9.69. The van der Waals surface area contributed by atoms with Crippen LogP contribution < -0.4 is 43.4 Å². The first-order valence-corrected chi connectivity index (χ1v) is 28.8. The molecule has 6 aromatic rings. The molecule has 0 bridgehead atoms. The molecule has 3 fully saturated rings. The number of hydrogen-bond donors (Lipinski definition) is 9. The van der Waals surface area contributed by atoms with E-state index in [0.29, 0.717) is 70.5 Å². The van der Waals surface area contributed by atoms with Crippen molar-refractivity contribution in [3.05, 3.63) is 168 Å². The number of likely N-dealkylation sites (N-methyl/N-ethyl adjacent to an activating group) is 1. The van der Waals surface area contributed by atoms with E-state index in [1.165, 1.54) is 37.0 Å². The molecule has 0 radical (unpaired) electrons. The van der Waals surface area contributed by atoms with Gasteiger partial charge in [0.15, 0.2) is 5.96 Å². The predicted octanol–water partition coefficient (Wildman–Crippen LogP) is 7.02. The molecule has 0 spiro atoms. The van der Waals surface area contributed by atoms with Crippen LogP contribution in [0.3, 0.4) is 0 Å². The van der Waals surface area contributed by atoms with Gasteiger partial charge in [-0.05, 0) is 114 Å². The van der Waals surface area contributed by atoms with Gasteiger partial charge in [0.05, 0.1) is 12.1 Å². The van der Waals surface area contributed by atoms with Crippen molar-refractivity contribution in [1.29, 1.82) is 5.41 Å². The zero-order valence-corrected chi connectivity index (χ0v) is 46.5. The summed E-state index contributed by atoms with van der Waals surface area (Å²) in [5.41, 5.74) is 15.5. The molecule has 15 nitrogen and oxygen atoms in total. The van der Waals surface area contributed by atoms with Gasteiger partial charge in [-0.25, -0.2) is 4.39 Å². The molecule has 6 atom stereocenters. The summed E-state index contributed by atoms with van der Waals surface area (Å²) in [4.78, 5) is 58.1. The van der Waals surface area contributed by atoms with Gasteiger partial charge in [0.2, 0.25) is 17.7 Å². The van der Waals surface area contributed by atoms with E-state index < -0.39 is 18.1 Å². The summed E-state index contributed by atoms with van der Waals surface area (Å²) in [6.07, 6.45) is 9.73. The van der Waals surface area contributed by atoms with Gasteiger partial charge in [-0.1, -0.05) is 141 Å². The molecule has 9 rings (SSSR count). The molecule has 2 saturated heterocycles. The molecule has 0 aromatic heterocycles. The number of carbonyl (C=O) groups excluding carboxylic acids is 4. The molecule has 11 N–H and O–H groups in total. The van der Waals surface area contributed by atoms with Crippen molar-refractivity contribution in [2.24, 2.45) is 11.5 Å². The Labute approximate surface area is 471 Å². The second-order valence-corrected chi connectivity index (χ2v) is 21.9. The Morgan fingerprint density at radius 2 is 1.40 bits per heavy atom. The SMILES string of the molecule is CCC(NC(=N)N)[C@@H]1N[C@@H](CNCc2ccc(F)cc2)CCN([C@@H](Cc2ccc3ccccc3c2)C(=O)NC)C1=O.NCCC[C@@H]1N[C@H](CNC(=O)c2ccc3ccccc3c2)CCN(CC2(c3ccccc3)CCCCC2)C1=O. The van der Waals surface area contributed by atoms with Crippen LogP contribution in [-0.4, -0.2) is 122 Å². The van der Waals surface area contributed by atoms with Crippen molar-refractivity contribution in [3.8, 4) is 0 Å². The van der Waals surface area contributed by atoms with E-state index in [0.717, 1.165) is 64.9 Å². The first-order chi connectivity index (χ1) is 38.9. The highest BCUT2D eigenvalue weighted by Crippen LogP contribution is 2.40. The van der Waals surface area contributed by atoms with Crippen molar-refractivity contribution in [2.45, 2.75) is 126 Å². The molecule has 3 aliphatic rings. The molecule has 1 aliphatic carbocycles. The summed E-state index contributed by atoms with van der Waals surface area (Å²) in [6, 6.07) is 42.9. The van der Waals surface area contributed by atoms with E-state index in [2.05, 4.69) is 73.2 Å². The van der Waals surface area contributed by atoms with Gasteiger partial charge in [0.25, 0.3) is 5.91 Å². The standard InChI is InChI=1S/C33H42N4O2.C31H40FN7O2/c34-20-9-14-30-32(39)37(24-33(18-7-2-8-19-33)28-12-3-1-4-13-28)21-17-29(36-30)23-35-31(38)27-16-15-25-10-5-6-11-26(25)22-27;1-3-26(38-31(33)34)28-30(41)39(15-14-25(37-28)19-36-18-20-9-12-24(32)13-10-20)27(29(40)35-2)17-21-8-11-22-6-4-5-7-23(22)16-21/h1,3-6,10-13,15-16,22,29-30,36H,2,7-9,14,17-21,23-24,34H2,(H,35,38);4-13,16,25-28,36-37H,3,14-15,17-19H2,1-2H3,(H,35,40)(H4,33,34,38)/t29-,30-;25-,26?,27+,28+/m01/s1. The normalized spacial score (nSPS) is 20.1. The van der Waals surface area contributed by atoms with Crippen molar-refractivity contribution in [2.75, 3.05) is 46.3 Å². The van der Waals surface area contributed by atoms with Gasteiger partial charge in [0.1, 0.15) is 17.9 Å². The third-order valence-corrected chi connectivity index (χ3v) is 16.4. The second-order valence-electron chi connectivity index (χ2n) is 21.9. The van der Waals surface area contributed by atoms with Crippen LogP contribution in [-0.2, 0) is 32.8 Å². The van der Waals surface area contributed by atoms with Gasteiger partial charge in [-0.3, -0.25) is 24.6 Å². The number of hydrogen-bond acceptors (Lipinski definition) is 9. The Morgan fingerprint density at radius 1 is 0.762 bits per heavy atom. The molecule has 4 amide bonds. The zero-order valence-electron chi connectivity index (χ0n) is 46.5. The number of halogens is 1. The molecule has 2 aliphatic heterocycles. The minimum absolute atomic E-state index is 0.0116. The van der Waals surface area contributed by atoms with Gasteiger partial charge in [-0.2, -0.15) is 0 Å². The van der Waals surface area contributed by atoms with Crippen molar-refractivity contribution < 1.29 is 23.6 Å². The first-order valence-electron chi connectivity index (χ1n) is 28.8. The highest BCUT2D eigenvalue weighted by atomic mass is 19.1. The van der Waals surface area contributed by atoms with Crippen LogP contribution in [0.1, 0.15) is 98.2 Å². The molecule has 1 saturated carbocycles. The van der Waals surface area contributed by atoms with Crippen LogP contribution in [0.5, 0.6) is 0 Å². The number of rotatable bonds is 20. The van der Waals surface area contributed by atoms with Gasteiger partial charge >= 0.3 is 0 Å². The van der Waals surface area contributed by atoms with Gasteiger partial charge in [-0.15, -0.1) is 0 Å². The highest BCUT2D eigenvalue weighted by Gasteiger charge is 2.42. The quantitative estimate of drug-likeness (QED) is 0.0281. The third kappa shape index (κ3) is 15.6. The fourth-order valence-corrected chi connectivity index (χ4v) is 12.0. The predicted molar refractivity (Wildman–Crippen MR) is 317 cm³/mol. The van der Waals surface area contributed by atoms with Gasteiger partial charge < -0.3 is 53.2 Å². The smallest absolute Gasteiger partial charge is 0.251 e. The van der Waals surface area contributed by atoms with Crippen molar-refractivity contribution >= 4 is 51.1 Å². The fourth-order valence-electron chi connectivity index (χ4n) is 12.0. The first kappa shape index (κ1) is 58.9. The van der Waals surface area contributed by atoms with Crippen LogP contribution >= 0.6 is 0 Å². The average molecular weight is 1090 g/mol. The Bertz CT molecular complexity index is 3010. The van der Waals surface area contributed by atoms with E-state index >= 15 is 0 Å². The largest absolute Gasteiger partial charge is 0.370 e. The summed E-state index contributed by atoms with van der Waals surface area (Å²) in [5, 5.41) is 31.5. The van der Waals surface area contributed by atoms with E-state index in [-0.39, 0.29) is 58.9 Å². The monoisotopic (exact) mass is 1090 g/mol. The number of carbonyl (C=O) groups is 4. The summed E-state index contributed by atoms with van der Waals surface area (Å²) >= 11 is 0. The lowest BCUT2D eigenvalue weighted by molar-refractivity contribution is -0.141. The van der Waals surface area contributed by atoms with Gasteiger partial charge in [0, 0.05) is 75.8 Å². The van der Waals surface area contributed by atoms with Crippen LogP contribution in [0.25, 0.3) is 21.5 Å². The molecule has 2 heterocycles. The fraction of sp³-hybridized carbons (Fsp3) is 0.422. The molecular weight excluding hydrogens is 1010 g/mol. The molecule has 80 heavy (non-hydrogen) atoms. The molecule has 16 heteroatoms. The number of benzene rings is 6. The number of fused-ring (bicyclic) bond motifs is 2. The third-order valence-electron chi connectivity index (χ3n) is 16.4. The summed E-state index contributed by atoms with van der Waals surface area (Å²) in [5.74, 6) is -0.844. The summed E-state index contributed by atoms with van der Waals surface area (Å²) in [6.45, 7) is 5.90. The number of amides is 4. The Kier molecular flexibility index (Phi) is 21.2. The number of nitrogens with two attached hydrogens (primary N) is 2. The van der Waals surface area contributed by atoms with Crippen LogP contribution in [0.15, 0.2) is 140 Å². The summed E-state index contributed by atoms with van der Waals surface area (Å²) < 4.78 is 13.3. The topological polar surface area (TPSA) is 223 Å². The lowest BCUT2D eigenvalue weighted by Gasteiger charge is -2.42. The lowest BCUT2D eigenvalue weighted by Crippen LogP contribution is -2.61. The van der Waals surface area contributed by atoms with Crippen molar-refractivity contribution in [1.82, 2.24) is 41.7 Å². The van der Waals surface area contributed by atoms with Crippen molar-refractivity contribution in [3.63, 3.8) is 0 Å². The van der Waals surface area contributed by atoms with Crippen LogP contribution in [0.4, 0.5) is 4.39 Å². The number of guanidine groups is 1. The Morgan fingerprint density at radius 3 is 2.08 bits per heavy atom. The Hall–Kier alpha value is -7.24. The van der Waals surface area contributed by atoms with Crippen LogP contribution in [0.2, 0.25) is 0 Å². The maximum absolute atomic E-state index is 14.1. The summed E-state index contributed by atoms with van der Waals surface area (Å²) in [7, 11) is 1.59. The number of nitrogens with zero attached hydrogens (tertiary/aromatic N) is 2. The minimum Gasteiger partial charge on any atom is -0.370 e. The van der Waals surface area contributed by atoms with E-state index in [4.69, 9.17) is 16.9 Å². The van der Waals surface area contributed by atoms with Crippen LogP contribution in [0, 0.1) is 11.2 Å². The highest BCUT2D eigenvalue weighted by molar-refractivity contribution is 5.98. The van der Waals surface area contributed by atoms with E-state index in [9.17, 15) is 23.6 Å². The zero-order chi connectivity index (χ0) is 56.4. The van der Waals surface area contributed by atoms with E-state index in [1.54, 1.807) is 24.1 Å². The minimum atomic E-state index is -0.710. The maximum atomic E-state index is 14.1. The molecule has 424 valence electrons. The molecule has 6 aromatic carbocycles. The second kappa shape index (κ2) is 28.8. The molecule has 1 unspecified atom stereocenters. The number of nitrogens with one attached hydrogen (secondary N) is 7. The molecular formula is C64H82FN11O4.